The second kappa shape index (κ2) is 4.18. The van der Waals surface area contributed by atoms with Crippen LogP contribution < -0.4 is 0 Å². The Bertz CT molecular complexity index is 641. The Hall–Kier alpha value is -2.14. The van der Waals surface area contributed by atoms with Crippen LogP contribution in [-0.4, -0.2) is 40.1 Å². The van der Waals surface area contributed by atoms with Crippen LogP contribution in [0.1, 0.15) is 5.56 Å². The minimum Gasteiger partial charge on any atom is -0.481 e. The van der Waals surface area contributed by atoms with E-state index in [-0.39, 0.29) is 5.91 Å². The number of carboxylic acids is 1. The molecule has 3 aliphatic rings. The molecule has 2 bridgehead atoms. The minimum absolute atomic E-state index is 0.113. The standard InChI is InChI=1S/C16H15NO4/c18-14-13-12(15(19)20)11-6-7-16(13,21-11)9-17(14)8-10-4-2-1-3-5-10/h1-7,11-13H,8-9H2,(H,19,20)/t11-,12+,13+,16+/m0/s1. The second-order valence-corrected chi connectivity index (χ2v) is 5.92. The smallest absolute Gasteiger partial charge is 0.310 e. The first-order valence-electron chi connectivity index (χ1n) is 7.03. The Labute approximate surface area is 121 Å². The monoisotopic (exact) mass is 285 g/mol. The summed E-state index contributed by atoms with van der Waals surface area (Å²) in [4.78, 5) is 25.8. The first kappa shape index (κ1) is 12.6. The van der Waals surface area contributed by atoms with Crippen molar-refractivity contribution in [1.82, 2.24) is 4.90 Å². The second-order valence-electron chi connectivity index (χ2n) is 5.92. The molecule has 3 aliphatic heterocycles. The van der Waals surface area contributed by atoms with Gasteiger partial charge < -0.3 is 14.7 Å². The van der Waals surface area contributed by atoms with E-state index in [1.807, 2.05) is 36.4 Å². The lowest BCUT2D eigenvalue weighted by molar-refractivity contribution is -0.148. The lowest BCUT2D eigenvalue weighted by atomic mass is 9.77. The summed E-state index contributed by atoms with van der Waals surface area (Å²) in [5.41, 5.74) is 0.298. The molecule has 1 aromatic rings. The third-order valence-electron chi connectivity index (χ3n) is 4.68. The lowest BCUT2D eigenvalue weighted by Gasteiger charge is -2.21. The largest absolute Gasteiger partial charge is 0.481 e. The van der Waals surface area contributed by atoms with E-state index in [4.69, 9.17) is 4.74 Å². The van der Waals surface area contributed by atoms with Gasteiger partial charge in [-0.05, 0) is 5.56 Å². The quantitative estimate of drug-likeness (QED) is 0.843. The number of carbonyl (C=O) groups excluding carboxylic acids is 1. The Morgan fingerprint density at radius 2 is 2.14 bits per heavy atom. The number of hydrogen-bond acceptors (Lipinski definition) is 3. The summed E-state index contributed by atoms with van der Waals surface area (Å²) in [7, 11) is 0. The van der Waals surface area contributed by atoms with Crippen LogP contribution in [0.2, 0.25) is 0 Å². The molecule has 1 N–H and O–H groups in total. The van der Waals surface area contributed by atoms with E-state index >= 15 is 0 Å². The molecule has 4 rings (SSSR count). The summed E-state index contributed by atoms with van der Waals surface area (Å²) in [5, 5.41) is 9.39. The molecule has 0 aromatic heterocycles. The summed E-state index contributed by atoms with van der Waals surface area (Å²) in [5.74, 6) is -2.42. The van der Waals surface area contributed by atoms with Gasteiger partial charge in [0.15, 0.2) is 0 Å². The van der Waals surface area contributed by atoms with Crippen LogP contribution in [0.15, 0.2) is 42.5 Å². The predicted octanol–water partition coefficient (Wildman–Crippen LogP) is 1.05. The molecule has 21 heavy (non-hydrogen) atoms. The van der Waals surface area contributed by atoms with Gasteiger partial charge >= 0.3 is 5.97 Å². The highest BCUT2D eigenvalue weighted by Crippen LogP contribution is 2.52. The maximum atomic E-state index is 12.6. The van der Waals surface area contributed by atoms with Crippen molar-refractivity contribution in [2.24, 2.45) is 11.8 Å². The molecule has 1 amide bonds. The van der Waals surface area contributed by atoms with E-state index in [2.05, 4.69) is 0 Å². The van der Waals surface area contributed by atoms with Crippen molar-refractivity contribution in [3.8, 4) is 0 Å². The van der Waals surface area contributed by atoms with Crippen molar-refractivity contribution in [3.63, 3.8) is 0 Å². The van der Waals surface area contributed by atoms with E-state index in [1.165, 1.54) is 0 Å². The first-order valence-corrected chi connectivity index (χ1v) is 7.03. The molecule has 5 nitrogen and oxygen atoms in total. The number of carbonyl (C=O) groups is 2. The molecule has 1 aromatic carbocycles. The highest BCUT2D eigenvalue weighted by Gasteiger charge is 2.66. The number of likely N-dealkylation sites (tertiary alicyclic amines) is 1. The van der Waals surface area contributed by atoms with Crippen LogP contribution in [0.5, 0.6) is 0 Å². The van der Waals surface area contributed by atoms with Gasteiger partial charge in [0.05, 0.1) is 18.6 Å². The predicted molar refractivity (Wildman–Crippen MR) is 73.2 cm³/mol. The van der Waals surface area contributed by atoms with E-state index in [1.54, 1.807) is 11.0 Å². The van der Waals surface area contributed by atoms with Crippen molar-refractivity contribution in [1.29, 1.82) is 0 Å². The minimum atomic E-state index is -0.953. The van der Waals surface area contributed by atoms with E-state index in [0.717, 1.165) is 5.56 Å². The molecule has 4 atom stereocenters. The zero-order valence-electron chi connectivity index (χ0n) is 11.3. The van der Waals surface area contributed by atoms with Crippen LogP contribution in [0.25, 0.3) is 0 Å². The van der Waals surface area contributed by atoms with Crippen molar-refractivity contribution in [2.45, 2.75) is 18.2 Å². The molecule has 3 heterocycles. The van der Waals surface area contributed by atoms with Gasteiger partial charge in [-0.2, -0.15) is 0 Å². The number of nitrogens with zero attached hydrogens (tertiary/aromatic N) is 1. The maximum Gasteiger partial charge on any atom is 0.310 e. The number of carboxylic acid groups (broad SMARTS) is 1. The average molecular weight is 285 g/mol. The summed E-state index contributed by atoms with van der Waals surface area (Å²) in [6.45, 7) is 0.925. The molecule has 5 heteroatoms. The van der Waals surface area contributed by atoms with Gasteiger partial charge in [-0.25, -0.2) is 0 Å². The maximum absolute atomic E-state index is 12.6. The summed E-state index contributed by atoms with van der Waals surface area (Å²) < 4.78 is 5.84. The molecular weight excluding hydrogens is 270 g/mol. The topological polar surface area (TPSA) is 66.8 Å². The Morgan fingerprint density at radius 1 is 1.38 bits per heavy atom. The van der Waals surface area contributed by atoms with E-state index < -0.39 is 29.5 Å². The highest BCUT2D eigenvalue weighted by molar-refractivity contribution is 5.90. The van der Waals surface area contributed by atoms with Crippen LogP contribution >= 0.6 is 0 Å². The zero-order chi connectivity index (χ0) is 14.6. The van der Waals surface area contributed by atoms with Crippen molar-refractivity contribution < 1.29 is 19.4 Å². The summed E-state index contributed by atoms with van der Waals surface area (Å²) in [6, 6.07) is 9.70. The molecule has 2 saturated heterocycles. The third-order valence-corrected chi connectivity index (χ3v) is 4.68. The lowest BCUT2D eigenvalue weighted by Crippen LogP contribution is -2.39. The number of fused-ring (bicyclic) bond motifs is 1. The van der Waals surface area contributed by atoms with Crippen LogP contribution in [-0.2, 0) is 20.9 Å². The van der Waals surface area contributed by atoms with Gasteiger partial charge in [0, 0.05) is 6.54 Å². The number of rotatable bonds is 3. The van der Waals surface area contributed by atoms with Crippen molar-refractivity contribution in [3.05, 3.63) is 48.0 Å². The number of amides is 1. The fourth-order valence-corrected chi connectivity index (χ4v) is 3.80. The summed E-state index contributed by atoms with van der Waals surface area (Å²) in [6.07, 6.45) is 3.20. The van der Waals surface area contributed by atoms with Crippen LogP contribution in [0.4, 0.5) is 0 Å². The van der Waals surface area contributed by atoms with E-state index in [9.17, 15) is 14.7 Å². The third kappa shape index (κ3) is 1.67. The zero-order valence-corrected chi connectivity index (χ0v) is 11.3. The molecule has 1 spiro atoms. The SMILES string of the molecule is O=C(O)[C@@H]1[C@@H]2C=C[C@]3(CN(Cc4ccccc4)C(=O)[C@@H]13)O2. The van der Waals surface area contributed by atoms with Crippen LogP contribution in [0.3, 0.4) is 0 Å². The Kier molecular flexibility index (Phi) is 2.50. The number of aliphatic carboxylic acids is 1. The van der Waals surface area contributed by atoms with Gasteiger partial charge in [0.2, 0.25) is 5.91 Å². The Morgan fingerprint density at radius 3 is 2.86 bits per heavy atom. The molecule has 0 unspecified atom stereocenters. The van der Waals surface area contributed by atoms with Crippen molar-refractivity contribution in [2.75, 3.05) is 6.54 Å². The number of hydrogen-bond donors (Lipinski definition) is 1. The van der Waals surface area contributed by atoms with Gasteiger partial charge in [0.25, 0.3) is 0 Å². The molecule has 2 fully saturated rings. The number of ether oxygens (including phenoxy) is 1. The number of benzene rings is 1. The molecule has 0 aliphatic carbocycles. The average Bonchev–Trinajstić information content (AvgIpc) is 3.09. The van der Waals surface area contributed by atoms with Gasteiger partial charge in [-0.1, -0.05) is 42.5 Å². The molecule has 0 radical (unpaired) electrons. The van der Waals surface area contributed by atoms with Gasteiger partial charge in [-0.3, -0.25) is 9.59 Å². The van der Waals surface area contributed by atoms with Crippen LogP contribution in [0, 0.1) is 11.8 Å². The molecular formula is C16H15NO4. The Balaban J connectivity index is 1.63. The fourth-order valence-electron chi connectivity index (χ4n) is 3.80. The first-order chi connectivity index (χ1) is 10.1. The van der Waals surface area contributed by atoms with Gasteiger partial charge in [0.1, 0.15) is 11.5 Å². The highest BCUT2D eigenvalue weighted by atomic mass is 16.5. The summed E-state index contributed by atoms with van der Waals surface area (Å²) >= 11 is 0. The van der Waals surface area contributed by atoms with E-state index in [0.29, 0.717) is 13.1 Å². The van der Waals surface area contributed by atoms with Gasteiger partial charge in [-0.15, -0.1) is 0 Å². The van der Waals surface area contributed by atoms with Crippen molar-refractivity contribution >= 4 is 11.9 Å². The normalized spacial score (nSPS) is 36.3. The molecule has 0 saturated carbocycles. The molecule has 108 valence electrons. The fraction of sp³-hybridized carbons (Fsp3) is 0.375.